The number of amides is 1. The molecule has 3 aromatic carbocycles. The zero-order chi connectivity index (χ0) is 18.1. The molecule has 1 amide bonds. The first-order valence-electron chi connectivity index (χ1n) is 8.64. The molecule has 1 aliphatic heterocycles. The molecule has 26 heavy (non-hydrogen) atoms. The van der Waals surface area contributed by atoms with Gasteiger partial charge in [-0.25, -0.2) is 4.39 Å². The van der Waals surface area contributed by atoms with Crippen LogP contribution in [0.2, 0.25) is 0 Å². The molecular formula is C22H19FN2O. The molecule has 0 saturated carbocycles. The Balaban J connectivity index is 1.73. The van der Waals surface area contributed by atoms with Crippen LogP contribution in [0.1, 0.15) is 40.6 Å². The lowest BCUT2D eigenvalue weighted by Gasteiger charge is -2.32. The van der Waals surface area contributed by atoms with Gasteiger partial charge < -0.3 is 10.2 Å². The summed E-state index contributed by atoms with van der Waals surface area (Å²) < 4.78 is 13.2. The first kappa shape index (κ1) is 16.3. The van der Waals surface area contributed by atoms with Gasteiger partial charge in [0, 0.05) is 16.8 Å². The summed E-state index contributed by atoms with van der Waals surface area (Å²) in [7, 11) is 0. The second-order valence-corrected chi connectivity index (χ2v) is 6.44. The smallest absolute Gasteiger partial charge is 0.256 e. The van der Waals surface area contributed by atoms with Crippen molar-refractivity contribution in [3.8, 4) is 0 Å². The average molecular weight is 346 g/mol. The molecule has 1 N–H and O–H groups in total. The van der Waals surface area contributed by atoms with Crippen molar-refractivity contribution in [1.29, 1.82) is 0 Å². The maximum absolute atomic E-state index is 13.2. The van der Waals surface area contributed by atoms with Gasteiger partial charge in [-0.3, -0.25) is 4.79 Å². The van der Waals surface area contributed by atoms with Crippen LogP contribution in [0.25, 0.3) is 0 Å². The minimum absolute atomic E-state index is 0.00318. The minimum Gasteiger partial charge on any atom is -0.361 e. The molecule has 0 spiro atoms. The van der Waals surface area contributed by atoms with Crippen LogP contribution in [-0.4, -0.2) is 10.8 Å². The Bertz CT molecular complexity index is 924. The van der Waals surface area contributed by atoms with Gasteiger partial charge in [0.25, 0.3) is 5.91 Å². The van der Waals surface area contributed by atoms with Crippen molar-refractivity contribution in [2.24, 2.45) is 0 Å². The number of rotatable bonds is 4. The number of hydrogen-bond acceptors (Lipinski definition) is 2. The van der Waals surface area contributed by atoms with Gasteiger partial charge in [-0.05, 0) is 42.8 Å². The Morgan fingerprint density at radius 2 is 1.58 bits per heavy atom. The molecule has 3 nitrogen and oxygen atoms in total. The van der Waals surface area contributed by atoms with Crippen LogP contribution >= 0.6 is 0 Å². The van der Waals surface area contributed by atoms with Gasteiger partial charge in [0.05, 0.1) is 6.04 Å². The van der Waals surface area contributed by atoms with Gasteiger partial charge in [-0.15, -0.1) is 0 Å². The van der Waals surface area contributed by atoms with E-state index in [0.717, 1.165) is 16.8 Å². The van der Waals surface area contributed by atoms with E-state index in [1.54, 1.807) is 12.1 Å². The summed E-state index contributed by atoms with van der Waals surface area (Å²) in [5.41, 5.74) is 3.48. The molecule has 1 heterocycles. The number of nitrogens with one attached hydrogen (secondary N) is 1. The zero-order valence-electron chi connectivity index (χ0n) is 14.4. The fourth-order valence-electron chi connectivity index (χ4n) is 3.48. The van der Waals surface area contributed by atoms with Gasteiger partial charge >= 0.3 is 0 Å². The number of hydrogen-bond donors (Lipinski definition) is 1. The molecule has 1 aliphatic rings. The van der Waals surface area contributed by atoms with Crippen molar-refractivity contribution in [1.82, 2.24) is 4.90 Å². The number of carbonyl (C=O) groups excluding carboxylic acids is 1. The van der Waals surface area contributed by atoms with E-state index in [-0.39, 0.29) is 23.9 Å². The molecule has 130 valence electrons. The number of benzene rings is 3. The Kier molecular flexibility index (Phi) is 4.17. The standard InChI is InChI=1S/C22H19FN2O/c1-15(16-7-3-2-4-8-16)25-21(24-18-13-11-17(23)12-14-18)19-9-5-6-10-20(19)22(25)26/h2-15,21,24H,1H3/t15-,21+/m1/s1. The van der Waals surface area contributed by atoms with Gasteiger partial charge in [0.15, 0.2) is 0 Å². The predicted molar refractivity (Wildman–Crippen MR) is 100 cm³/mol. The third-order valence-corrected chi connectivity index (χ3v) is 4.85. The van der Waals surface area contributed by atoms with Crippen LogP contribution in [0.3, 0.4) is 0 Å². The monoisotopic (exact) mass is 346 g/mol. The van der Waals surface area contributed by atoms with E-state index in [4.69, 9.17) is 0 Å². The summed E-state index contributed by atoms with van der Waals surface area (Å²) in [5, 5.41) is 3.39. The lowest BCUT2D eigenvalue weighted by atomic mass is 10.1. The maximum atomic E-state index is 13.2. The molecule has 0 aliphatic carbocycles. The van der Waals surface area contributed by atoms with Crippen LogP contribution in [0, 0.1) is 5.82 Å². The van der Waals surface area contributed by atoms with E-state index in [2.05, 4.69) is 5.32 Å². The highest BCUT2D eigenvalue weighted by atomic mass is 19.1. The number of anilines is 1. The first-order chi connectivity index (χ1) is 12.6. The van der Waals surface area contributed by atoms with E-state index < -0.39 is 0 Å². The molecular weight excluding hydrogens is 327 g/mol. The van der Waals surface area contributed by atoms with Crippen LogP contribution in [0.4, 0.5) is 10.1 Å². The molecule has 0 radical (unpaired) electrons. The van der Waals surface area contributed by atoms with Crippen LogP contribution < -0.4 is 5.32 Å². The molecule has 0 fully saturated rings. The van der Waals surface area contributed by atoms with Crippen molar-refractivity contribution in [2.45, 2.75) is 19.1 Å². The fourth-order valence-corrected chi connectivity index (χ4v) is 3.48. The average Bonchev–Trinajstić information content (AvgIpc) is 2.96. The highest BCUT2D eigenvalue weighted by Gasteiger charge is 2.39. The fraction of sp³-hybridized carbons (Fsp3) is 0.136. The Hall–Kier alpha value is -3.14. The Morgan fingerprint density at radius 1 is 0.923 bits per heavy atom. The van der Waals surface area contributed by atoms with E-state index >= 15 is 0 Å². The molecule has 0 aromatic heterocycles. The predicted octanol–water partition coefficient (Wildman–Crippen LogP) is 5.15. The SMILES string of the molecule is C[C@H](c1ccccc1)N1C(=O)c2ccccc2[C@H]1Nc1ccc(F)cc1. The number of carbonyl (C=O) groups is 1. The molecule has 3 aromatic rings. The number of halogens is 1. The van der Waals surface area contributed by atoms with Crippen LogP contribution in [-0.2, 0) is 0 Å². The molecule has 0 unspecified atom stereocenters. The van der Waals surface area contributed by atoms with E-state index in [0.29, 0.717) is 5.56 Å². The topological polar surface area (TPSA) is 32.3 Å². The summed E-state index contributed by atoms with van der Waals surface area (Å²) in [6.45, 7) is 2.03. The third-order valence-electron chi connectivity index (χ3n) is 4.85. The number of nitrogens with zero attached hydrogens (tertiary/aromatic N) is 1. The van der Waals surface area contributed by atoms with E-state index in [1.165, 1.54) is 12.1 Å². The first-order valence-corrected chi connectivity index (χ1v) is 8.64. The maximum Gasteiger partial charge on any atom is 0.256 e. The number of fused-ring (bicyclic) bond motifs is 1. The highest BCUT2D eigenvalue weighted by molar-refractivity contribution is 5.99. The normalized spacial score (nSPS) is 17.1. The summed E-state index contributed by atoms with van der Waals surface area (Å²) in [5.74, 6) is -0.287. The van der Waals surface area contributed by atoms with Crippen molar-refractivity contribution in [3.63, 3.8) is 0 Å². The second-order valence-electron chi connectivity index (χ2n) is 6.44. The Morgan fingerprint density at radius 3 is 2.31 bits per heavy atom. The summed E-state index contributed by atoms with van der Waals surface area (Å²) >= 11 is 0. The molecule has 0 saturated heterocycles. The lowest BCUT2D eigenvalue weighted by Crippen LogP contribution is -2.34. The van der Waals surface area contributed by atoms with Crippen molar-refractivity contribution in [2.75, 3.05) is 5.32 Å². The molecule has 0 bridgehead atoms. The quantitative estimate of drug-likeness (QED) is 0.708. The van der Waals surface area contributed by atoms with Crippen LogP contribution in [0.15, 0.2) is 78.9 Å². The summed E-state index contributed by atoms with van der Waals surface area (Å²) in [4.78, 5) is 14.9. The molecule has 2 atom stereocenters. The Labute approximate surface area is 152 Å². The van der Waals surface area contributed by atoms with E-state index in [1.807, 2.05) is 66.4 Å². The van der Waals surface area contributed by atoms with Crippen molar-refractivity contribution >= 4 is 11.6 Å². The van der Waals surface area contributed by atoms with Crippen LogP contribution in [0.5, 0.6) is 0 Å². The van der Waals surface area contributed by atoms with Crippen molar-refractivity contribution in [3.05, 3.63) is 101 Å². The van der Waals surface area contributed by atoms with Gasteiger partial charge in [-0.2, -0.15) is 0 Å². The van der Waals surface area contributed by atoms with Gasteiger partial charge in [0.1, 0.15) is 12.0 Å². The van der Waals surface area contributed by atoms with E-state index in [9.17, 15) is 9.18 Å². The summed E-state index contributed by atoms with van der Waals surface area (Å²) in [6.07, 6.45) is -0.306. The third kappa shape index (κ3) is 2.84. The largest absolute Gasteiger partial charge is 0.361 e. The van der Waals surface area contributed by atoms with Gasteiger partial charge in [0.2, 0.25) is 0 Å². The highest BCUT2D eigenvalue weighted by Crippen LogP contribution is 2.40. The second kappa shape index (κ2) is 6.64. The minimum atomic E-state index is -0.306. The van der Waals surface area contributed by atoms with Crippen molar-refractivity contribution < 1.29 is 9.18 Å². The lowest BCUT2D eigenvalue weighted by molar-refractivity contribution is 0.0667. The molecule has 4 heteroatoms. The molecule has 4 rings (SSSR count). The summed E-state index contributed by atoms with van der Waals surface area (Å²) in [6, 6.07) is 23.7. The van der Waals surface area contributed by atoms with Gasteiger partial charge in [-0.1, -0.05) is 48.5 Å². The zero-order valence-corrected chi connectivity index (χ0v) is 14.4.